The molecule has 0 saturated carbocycles. The van der Waals surface area contributed by atoms with Gasteiger partial charge in [0.25, 0.3) is 0 Å². The number of anilines is 1. The van der Waals surface area contributed by atoms with Crippen molar-refractivity contribution in [1.29, 1.82) is 0 Å². The standard InChI is InChI=1S/C21H20FN5/c1-21(2,16-5-7-17(22)8-6-16)13-23-20-10-9-18(26-27-20)14-3-4-15-12-24-25-19(15)11-14/h3-12H,13H2,1-2H3,(H,23,27)(H,24,25). The van der Waals surface area contributed by atoms with Crippen molar-refractivity contribution in [1.82, 2.24) is 20.4 Å². The van der Waals surface area contributed by atoms with Crippen molar-refractivity contribution in [3.63, 3.8) is 0 Å². The highest BCUT2D eigenvalue weighted by molar-refractivity contribution is 5.83. The van der Waals surface area contributed by atoms with Gasteiger partial charge in [-0.25, -0.2) is 4.39 Å². The third kappa shape index (κ3) is 3.65. The molecule has 0 radical (unpaired) electrons. The lowest BCUT2D eigenvalue weighted by atomic mass is 9.84. The molecule has 5 nitrogen and oxygen atoms in total. The first-order valence-corrected chi connectivity index (χ1v) is 8.78. The smallest absolute Gasteiger partial charge is 0.148 e. The van der Waals surface area contributed by atoms with E-state index in [-0.39, 0.29) is 11.2 Å². The maximum atomic E-state index is 13.1. The molecule has 0 amide bonds. The van der Waals surface area contributed by atoms with Crippen LogP contribution in [0.1, 0.15) is 19.4 Å². The van der Waals surface area contributed by atoms with Crippen molar-refractivity contribution in [2.75, 3.05) is 11.9 Å². The number of fused-ring (bicyclic) bond motifs is 1. The average molecular weight is 361 g/mol. The number of rotatable bonds is 5. The van der Waals surface area contributed by atoms with Crippen LogP contribution in [0, 0.1) is 5.82 Å². The predicted molar refractivity (Wildman–Crippen MR) is 105 cm³/mol. The monoisotopic (exact) mass is 361 g/mol. The van der Waals surface area contributed by atoms with E-state index in [9.17, 15) is 4.39 Å². The maximum Gasteiger partial charge on any atom is 0.148 e. The van der Waals surface area contributed by atoms with Crippen LogP contribution < -0.4 is 5.32 Å². The second-order valence-corrected chi connectivity index (χ2v) is 7.22. The van der Waals surface area contributed by atoms with E-state index in [1.807, 2.05) is 42.5 Å². The Kier molecular flexibility index (Phi) is 4.32. The van der Waals surface area contributed by atoms with Crippen LogP contribution in [0.15, 0.2) is 60.8 Å². The molecule has 0 unspecified atom stereocenters. The van der Waals surface area contributed by atoms with Crippen LogP contribution in [0.3, 0.4) is 0 Å². The number of nitrogens with zero attached hydrogens (tertiary/aromatic N) is 3. The Morgan fingerprint density at radius 2 is 1.81 bits per heavy atom. The van der Waals surface area contributed by atoms with E-state index in [0.29, 0.717) is 12.4 Å². The van der Waals surface area contributed by atoms with Crippen LogP contribution >= 0.6 is 0 Å². The summed E-state index contributed by atoms with van der Waals surface area (Å²) in [7, 11) is 0. The Morgan fingerprint density at radius 3 is 2.56 bits per heavy atom. The SMILES string of the molecule is CC(C)(CNc1ccc(-c2ccc3cn[nH]c3c2)nn1)c1ccc(F)cc1. The van der Waals surface area contributed by atoms with Crippen molar-refractivity contribution in [2.24, 2.45) is 0 Å². The summed E-state index contributed by atoms with van der Waals surface area (Å²) in [4.78, 5) is 0. The predicted octanol–water partition coefficient (Wildman–Crippen LogP) is 4.55. The summed E-state index contributed by atoms with van der Waals surface area (Å²) in [6.45, 7) is 4.87. The van der Waals surface area contributed by atoms with Crippen molar-refractivity contribution in [3.05, 3.63) is 72.2 Å². The van der Waals surface area contributed by atoms with Crippen LogP contribution in [-0.2, 0) is 5.41 Å². The summed E-state index contributed by atoms with van der Waals surface area (Å²) in [6, 6.07) is 16.5. The average Bonchev–Trinajstić information content (AvgIpc) is 3.15. The van der Waals surface area contributed by atoms with Crippen LogP contribution in [0.25, 0.3) is 22.2 Å². The highest BCUT2D eigenvalue weighted by atomic mass is 19.1. The van der Waals surface area contributed by atoms with Gasteiger partial charge < -0.3 is 5.32 Å². The normalized spacial score (nSPS) is 11.7. The van der Waals surface area contributed by atoms with E-state index < -0.39 is 0 Å². The molecule has 136 valence electrons. The summed E-state index contributed by atoms with van der Waals surface area (Å²) >= 11 is 0. The lowest BCUT2D eigenvalue weighted by Gasteiger charge is -2.25. The van der Waals surface area contributed by atoms with Crippen LogP contribution in [-0.4, -0.2) is 26.9 Å². The molecule has 6 heteroatoms. The molecule has 0 aliphatic carbocycles. The van der Waals surface area contributed by atoms with Crippen molar-refractivity contribution >= 4 is 16.7 Å². The number of hydrogen-bond acceptors (Lipinski definition) is 4. The van der Waals surface area contributed by atoms with Gasteiger partial charge in [0.1, 0.15) is 11.6 Å². The van der Waals surface area contributed by atoms with Crippen LogP contribution in [0.5, 0.6) is 0 Å². The van der Waals surface area contributed by atoms with E-state index in [2.05, 4.69) is 39.6 Å². The lowest BCUT2D eigenvalue weighted by Crippen LogP contribution is -2.28. The largest absolute Gasteiger partial charge is 0.368 e. The Balaban J connectivity index is 1.46. The molecule has 2 heterocycles. The molecule has 0 atom stereocenters. The molecule has 27 heavy (non-hydrogen) atoms. The van der Waals surface area contributed by atoms with Crippen LogP contribution in [0.2, 0.25) is 0 Å². The fourth-order valence-corrected chi connectivity index (χ4v) is 2.99. The van der Waals surface area contributed by atoms with Gasteiger partial charge in [-0.1, -0.05) is 38.1 Å². The topological polar surface area (TPSA) is 66.5 Å². The molecule has 0 spiro atoms. The number of hydrogen-bond donors (Lipinski definition) is 2. The van der Waals surface area contributed by atoms with Gasteiger partial charge in [0.05, 0.1) is 17.4 Å². The van der Waals surface area contributed by atoms with Gasteiger partial charge in [-0.2, -0.15) is 5.10 Å². The molecular formula is C21H20FN5. The molecule has 0 saturated heterocycles. The minimum absolute atomic E-state index is 0.167. The summed E-state index contributed by atoms with van der Waals surface area (Å²) in [5.41, 5.74) is 3.65. The van der Waals surface area contributed by atoms with Gasteiger partial charge in [-0.05, 0) is 35.9 Å². The Morgan fingerprint density at radius 1 is 1.00 bits per heavy atom. The number of H-pyrrole nitrogens is 1. The molecule has 4 rings (SSSR count). The fourth-order valence-electron chi connectivity index (χ4n) is 2.99. The zero-order valence-electron chi connectivity index (χ0n) is 15.2. The van der Waals surface area contributed by atoms with Gasteiger partial charge in [-0.3, -0.25) is 5.10 Å². The van der Waals surface area contributed by atoms with Crippen molar-refractivity contribution in [3.8, 4) is 11.3 Å². The van der Waals surface area contributed by atoms with Gasteiger partial charge in [0, 0.05) is 22.9 Å². The number of halogens is 1. The second kappa shape index (κ2) is 6.79. The van der Waals surface area contributed by atoms with Gasteiger partial charge >= 0.3 is 0 Å². The third-order valence-corrected chi connectivity index (χ3v) is 4.74. The summed E-state index contributed by atoms with van der Waals surface area (Å²) < 4.78 is 13.1. The minimum Gasteiger partial charge on any atom is -0.368 e. The van der Waals surface area contributed by atoms with E-state index in [1.165, 1.54) is 12.1 Å². The Bertz CT molecular complexity index is 1050. The lowest BCUT2D eigenvalue weighted by molar-refractivity contribution is 0.552. The van der Waals surface area contributed by atoms with Crippen molar-refractivity contribution in [2.45, 2.75) is 19.3 Å². The highest BCUT2D eigenvalue weighted by Crippen LogP contribution is 2.25. The molecule has 2 aromatic carbocycles. The van der Waals surface area contributed by atoms with E-state index in [0.717, 1.165) is 27.7 Å². The zero-order chi connectivity index (χ0) is 18.9. The first-order valence-electron chi connectivity index (χ1n) is 8.78. The van der Waals surface area contributed by atoms with Crippen molar-refractivity contribution < 1.29 is 4.39 Å². The first-order chi connectivity index (χ1) is 13.0. The van der Waals surface area contributed by atoms with Crippen LogP contribution in [0.4, 0.5) is 10.2 Å². The number of aromatic amines is 1. The number of benzene rings is 2. The van der Waals surface area contributed by atoms with E-state index in [1.54, 1.807) is 6.20 Å². The van der Waals surface area contributed by atoms with Gasteiger partial charge in [0.2, 0.25) is 0 Å². The molecule has 0 fully saturated rings. The highest BCUT2D eigenvalue weighted by Gasteiger charge is 2.20. The summed E-state index contributed by atoms with van der Waals surface area (Å²) in [6.07, 6.45) is 1.79. The first kappa shape index (κ1) is 17.1. The zero-order valence-corrected chi connectivity index (χ0v) is 15.2. The molecular weight excluding hydrogens is 341 g/mol. The molecule has 2 aromatic heterocycles. The Labute approximate surface area is 156 Å². The molecule has 0 bridgehead atoms. The van der Waals surface area contributed by atoms with E-state index >= 15 is 0 Å². The van der Waals surface area contributed by atoms with Gasteiger partial charge in [0.15, 0.2) is 0 Å². The second-order valence-electron chi connectivity index (χ2n) is 7.22. The summed E-state index contributed by atoms with van der Waals surface area (Å²) in [5.74, 6) is 0.480. The molecule has 0 aliphatic rings. The molecule has 0 aliphatic heterocycles. The van der Waals surface area contributed by atoms with E-state index in [4.69, 9.17) is 0 Å². The maximum absolute atomic E-state index is 13.1. The molecule has 2 N–H and O–H groups in total. The fraction of sp³-hybridized carbons (Fsp3) is 0.190. The number of nitrogens with one attached hydrogen (secondary N) is 2. The third-order valence-electron chi connectivity index (χ3n) is 4.74. The minimum atomic E-state index is -0.225. The summed E-state index contributed by atoms with van der Waals surface area (Å²) in [5, 5.41) is 20.0. The Hall–Kier alpha value is -3.28. The quantitative estimate of drug-likeness (QED) is 0.547. The van der Waals surface area contributed by atoms with Gasteiger partial charge in [-0.15, -0.1) is 10.2 Å². The number of aromatic nitrogens is 4. The molecule has 4 aromatic rings.